The first kappa shape index (κ1) is 20.5. The smallest absolute Gasteiger partial charge is 0.303 e. The number of Topliss-reactive ketones (excluding diaryl/α,β-unsaturated/α-hetero) is 1. The van der Waals surface area contributed by atoms with Crippen LogP contribution in [-0.2, 0) is 19.1 Å². The van der Waals surface area contributed by atoms with Gasteiger partial charge in [0.25, 0.3) is 0 Å². The minimum Gasteiger partial charge on any atom is -0.458 e. The Morgan fingerprint density at radius 1 is 1.28 bits per heavy atom. The van der Waals surface area contributed by atoms with Gasteiger partial charge >= 0.3 is 5.97 Å². The number of fused-ring (bicyclic) bond motifs is 5. The van der Waals surface area contributed by atoms with Crippen LogP contribution in [0.1, 0.15) is 66.2 Å². The van der Waals surface area contributed by atoms with E-state index in [0.29, 0.717) is 18.8 Å². The van der Waals surface area contributed by atoms with Crippen molar-refractivity contribution >= 4 is 17.5 Å². The summed E-state index contributed by atoms with van der Waals surface area (Å²) in [5.74, 6) is -0.315. The molecule has 0 bridgehead atoms. The second-order valence-corrected chi connectivity index (χ2v) is 10.1. The van der Waals surface area contributed by atoms with Crippen molar-refractivity contribution < 1.29 is 24.2 Å². The molecule has 2 saturated carbocycles. The van der Waals surface area contributed by atoms with Crippen LogP contribution in [0.25, 0.3) is 0 Å². The van der Waals surface area contributed by atoms with Crippen LogP contribution in [0.3, 0.4) is 0 Å². The van der Waals surface area contributed by atoms with Crippen molar-refractivity contribution in [3.63, 3.8) is 0 Å². The fraction of sp³-hybridized carbons (Fsp3) is 0.708. The molecule has 2 fully saturated rings. The Balaban J connectivity index is 1.70. The third-order valence-electron chi connectivity index (χ3n) is 8.75. The molecule has 0 aromatic heterocycles. The van der Waals surface area contributed by atoms with Gasteiger partial charge in [0.2, 0.25) is 5.78 Å². The number of hydrogen-bond acceptors (Lipinski definition) is 5. The first-order valence-corrected chi connectivity index (χ1v) is 10.9. The molecule has 1 N–H and O–H groups in total. The molecule has 5 nitrogen and oxygen atoms in total. The van der Waals surface area contributed by atoms with Gasteiger partial charge in [-0.3, -0.25) is 14.4 Å². The number of rotatable bonds is 3. The third kappa shape index (κ3) is 2.73. The molecule has 0 saturated heterocycles. The lowest BCUT2D eigenvalue weighted by Crippen LogP contribution is -2.57. The lowest BCUT2D eigenvalue weighted by atomic mass is 9.50. The van der Waals surface area contributed by atoms with Crippen LogP contribution in [0, 0.1) is 28.6 Å². The van der Waals surface area contributed by atoms with Crippen molar-refractivity contribution in [2.75, 3.05) is 6.61 Å². The number of ether oxygens (including phenoxy) is 1. The molecule has 0 aliphatic heterocycles. The van der Waals surface area contributed by atoms with Gasteiger partial charge in [0.1, 0.15) is 5.60 Å². The van der Waals surface area contributed by atoms with Crippen molar-refractivity contribution in [3.8, 4) is 0 Å². The Morgan fingerprint density at radius 3 is 2.69 bits per heavy atom. The van der Waals surface area contributed by atoms with E-state index in [4.69, 9.17) is 4.74 Å². The van der Waals surface area contributed by atoms with Crippen LogP contribution in [0.4, 0.5) is 0 Å². The molecule has 0 unspecified atom stereocenters. The maximum Gasteiger partial charge on any atom is 0.303 e. The van der Waals surface area contributed by atoms with Gasteiger partial charge in [-0.1, -0.05) is 38.0 Å². The van der Waals surface area contributed by atoms with Crippen LogP contribution in [0.15, 0.2) is 23.3 Å². The van der Waals surface area contributed by atoms with Crippen molar-refractivity contribution in [2.45, 2.75) is 71.8 Å². The van der Waals surface area contributed by atoms with E-state index in [1.165, 1.54) is 18.1 Å². The van der Waals surface area contributed by atoms with E-state index in [9.17, 15) is 19.5 Å². The zero-order valence-electron chi connectivity index (χ0n) is 17.9. The number of allylic oxidation sites excluding steroid dienone is 4. The van der Waals surface area contributed by atoms with E-state index in [2.05, 4.69) is 13.0 Å². The Labute approximate surface area is 172 Å². The maximum atomic E-state index is 13.0. The molecule has 29 heavy (non-hydrogen) atoms. The first-order chi connectivity index (χ1) is 13.5. The van der Waals surface area contributed by atoms with Crippen molar-refractivity contribution in [3.05, 3.63) is 23.3 Å². The SMILES string of the molecule is CC(=O)OCC(=O)[C@@]1(O)[C@H](C)C[C@H]2[C@@H]3CCC4=CC(=O)CC[C@]4(C)C3=CC[C@@]21C. The molecular formula is C24H32O5. The van der Waals surface area contributed by atoms with Crippen LogP contribution in [-0.4, -0.2) is 34.9 Å². The van der Waals surface area contributed by atoms with E-state index in [1.54, 1.807) is 0 Å². The maximum absolute atomic E-state index is 13.0. The number of carbonyl (C=O) groups is 3. The molecule has 6 atom stereocenters. The van der Waals surface area contributed by atoms with Crippen LogP contribution in [0.2, 0.25) is 0 Å². The average Bonchev–Trinajstić information content (AvgIpc) is 2.88. The summed E-state index contributed by atoms with van der Waals surface area (Å²) in [6, 6.07) is 0. The van der Waals surface area contributed by atoms with E-state index in [0.717, 1.165) is 25.7 Å². The van der Waals surface area contributed by atoms with Crippen LogP contribution >= 0.6 is 0 Å². The molecule has 4 rings (SSSR count). The molecule has 0 aromatic rings. The quantitative estimate of drug-likeness (QED) is 0.579. The van der Waals surface area contributed by atoms with Gasteiger partial charge in [0.05, 0.1) is 0 Å². The summed E-state index contributed by atoms with van der Waals surface area (Å²) >= 11 is 0. The molecule has 0 amide bonds. The average molecular weight is 401 g/mol. The zero-order chi connectivity index (χ0) is 21.2. The summed E-state index contributed by atoms with van der Waals surface area (Å²) in [4.78, 5) is 36.2. The summed E-state index contributed by atoms with van der Waals surface area (Å²) in [7, 11) is 0. The monoisotopic (exact) mass is 400 g/mol. The molecule has 0 aromatic carbocycles. The number of aliphatic hydroxyl groups is 1. The lowest BCUT2D eigenvalue weighted by molar-refractivity contribution is -0.167. The normalized spacial score (nSPS) is 43.5. The molecule has 158 valence electrons. The number of esters is 1. The predicted molar refractivity (Wildman–Crippen MR) is 108 cm³/mol. The molecule has 5 heteroatoms. The second-order valence-electron chi connectivity index (χ2n) is 10.1. The Hall–Kier alpha value is -1.75. The highest BCUT2D eigenvalue weighted by atomic mass is 16.5. The van der Waals surface area contributed by atoms with Gasteiger partial charge < -0.3 is 9.84 Å². The summed E-state index contributed by atoms with van der Waals surface area (Å²) in [5.41, 5.74) is 0.541. The third-order valence-corrected chi connectivity index (χ3v) is 8.75. The molecule has 0 radical (unpaired) electrons. The number of ketones is 2. The topological polar surface area (TPSA) is 80.7 Å². The Morgan fingerprint density at radius 2 is 2.00 bits per heavy atom. The first-order valence-electron chi connectivity index (χ1n) is 10.9. The fourth-order valence-corrected chi connectivity index (χ4v) is 7.07. The van der Waals surface area contributed by atoms with Gasteiger partial charge in [-0.05, 0) is 55.9 Å². The van der Waals surface area contributed by atoms with Crippen LogP contribution < -0.4 is 0 Å². The largest absolute Gasteiger partial charge is 0.458 e. The highest BCUT2D eigenvalue weighted by Gasteiger charge is 2.67. The van der Waals surface area contributed by atoms with Crippen molar-refractivity contribution in [2.24, 2.45) is 28.6 Å². The van der Waals surface area contributed by atoms with Crippen LogP contribution in [0.5, 0.6) is 0 Å². The standard InChI is InChI=1S/C24H32O5/c1-14-11-20-18-6-5-16-12-17(26)7-9-22(16,3)19(18)8-10-23(20,4)24(14,28)21(27)13-29-15(2)25/h8,12,14,18,20,28H,5-7,9-11,13H2,1-4H3/t14-,18-,20+,22+,23+,24+/m1/s1. The van der Waals surface area contributed by atoms with E-state index >= 15 is 0 Å². The predicted octanol–water partition coefficient (Wildman–Crippen LogP) is 3.55. The van der Waals surface area contributed by atoms with Crippen molar-refractivity contribution in [1.82, 2.24) is 0 Å². The highest BCUT2D eigenvalue weighted by Crippen LogP contribution is 2.66. The summed E-state index contributed by atoms with van der Waals surface area (Å²) in [6.45, 7) is 7.16. The minimum absolute atomic E-state index is 0.0656. The number of hydrogen-bond donors (Lipinski definition) is 1. The van der Waals surface area contributed by atoms with Gasteiger partial charge in [0, 0.05) is 24.2 Å². The minimum atomic E-state index is -1.49. The Kier molecular flexibility index (Phi) is 4.69. The molecule has 0 heterocycles. The van der Waals surface area contributed by atoms with Gasteiger partial charge in [-0.25, -0.2) is 0 Å². The summed E-state index contributed by atoms with van der Waals surface area (Å²) in [6.07, 6.45) is 8.85. The highest BCUT2D eigenvalue weighted by molar-refractivity contribution is 5.92. The summed E-state index contributed by atoms with van der Waals surface area (Å²) in [5, 5.41) is 11.7. The Bertz CT molecular complexity index is 838. The number of carbonyl (C=O) groups excluding carboxylic acids is 3. The van der Waals surface area contributed by atoms with Gasteiger partial charge in [-0.15, -0.1) is 0 Å². The molecule has 0 spiro atoms. The van der Waals surface area contributed by atoms with Gasteiger partial charge in [-0.2, -0.15) is 0 Å². The fourth-order valence-electron chi connectivity index (χ4n) is 7.07. The van der Waals surface area contributed by atoms with E-state index in [1.807, 2.05) is 19.9 Å². The lowest BCUT2D eigenvalue weighted by Gasteiger charge is -2.54. The molecule has 4 aliphatic carbocycles. The van der Waals surface area contributed by atoms with E-state index in [-0.39, 0.29) is 35.4 Å². The van der Waals surface area contributed by atoms with Gasteiger partial charge in [0.15, 0.2) is 12.4 Å². The second kappa shape index (κ2) is 6.63. The molecule has 4 aliphatic rings. The molecular weight excluding hydrogens is 368 g/mol. The van der Waals surface area contributed by atoms with E-state index < -0.39 is 17.0 Å². The zero-order valence-corrected chi connectivity index (χ0v) is 17.9. The van der Waals surface area contributed by atoms with Crippen molar-refractivity contribution in [1.29, 1.82) is 0 Å². The summed E-state index contributed by atoms with van der Waals surface area (Å²) < 4.78 is 4.95.